The van der Waals surface area contributed by atoms with Crippen molar-refractivity contribution >= 4 is 17.4 Å². The Morgan fingerprint density at radius 2 is 1.75 bits per heavy atom. The summed E-state index contributed by atoms with van der Waals surface area (Å²) in [6.45, 7) is 2.39. The lowest BCUT2D eigenvalue weighted by Crippen LogP contribution is -2.12. The zero-order chi connectivity index (χ0) is 14.4. The topological polar surface area (TPSA) is 35.5 Å². The van der Waals surface area contributed by atoms with E-state index in [0.717, 1.165) is 0 Å². The second-order valence-corrected chi connectivity index (χ2v) is 4.54. The second kappa shape index (κ2) is 6.96. The van der Waals surface area contributed by atoms with Crippen molar-refractivity contribution in [1.82, 2.24) is 0 Å². The molecule has 0 fully saturated rings. The number of hydrogen-bond acceptors (Lipinski definition) is 3. The lowest BCUT2D eigenvalue weighted by atomic mass is 10.1. The number of carbonyl (C=O) groups is 1. The van der Waals surface area contributed by atoms with Crippen molar-refractivity contribution in [3.8, 4) is 11.5 Å². The van der Waals surface area contributed by atoms with Crippen molar-refractivity contribution in [1.29, 1.82) is 0 Å². The van der Waals surface area contributed by atoms with Gasteiger partial charge in [0.05, 0.1) is 6.61 Å². The van der Waals surface area contributed by atoms with Crippen LogP contribution in [0.2, 0.25) is 5.02 Å². The van der Waals surface area contributed by atoms with Gasteiger partial charge in [0, 0.05) is 10.6 Å². The first-order chi connectivity index (χ1) is 9.70. The minimum absolute atomic E-state index is 0.0512. The number of benzene rings is 2. The van der Waals surface area contributed by atoms with Crippen LogP contribution in [0.1, 0.15) is 17.3 Å². The highest BCUT2D eigenvalue weighted by molar-refractivity contribution is 6.31. The van der Waals surface area contributed by atoms with Gasteiger partial charge >= 0.3 is 0 Å². The van der Waals surface area contributed by atoms with Gasteiger partial charge in [-0.2, -0.15) is 0 Å². The van der Waals surface area contributed by atoms with Crippen LogP contribution in [0.25, 0.3) is 0 Å². The van der Waals surface area contributed by atoms with E-state index in [-0.39, 0.29) is 12.4 Å². The van der Waals surface area contributed by atoms with E-state index >= 15 is 0 Å². The minimum atomic E-state index is -0.126. The van der Waals surface area contributed by atoms with Crippen LogP contribution in [0.15, 0.2) is 48.5 Å². The molecule has 3 nitrogen and oxygen atoms in total. The molecule has 0 saturated heterocycles. The average Bonchev–Trinajstić information content (AvgIpc) is 2.46. The van der Waals surface area contributed by atoms with Crippen LogP contribution in [0.5, 0.6) is 11.5 Å². The van der Waals surface area contributed by atoms with Crippen molar-refractivity contribution in [3.63, 3.8) is 0 Å². The van der Waals surface area contributed by atoms with Crippen LogP contribution < -0.4 is 9.47 Å². The first-order valence-corrected chi connectivity index (χ1v) is 6.72. The molecule has 0 radical (unpaired) electrons. The summed E-state index contributed by atoms with van der Waals surface area (Å²) in [6.07, 6.45) is 0. The first-order valence-electron chi connectivity index (χ1n) is 6.34. The fraction of sp³-hybridized carbons (Fsp3) is 0.188. The second-order valence-electron chi connectivity index (χ2n) is 4.10. The van der Waals surface area contributed by atoms with E-state index in [4.69, 9.17) is 21.1 Å². The van der Waals surface area contributed by atoms with Gasteiger partial charge in [0.25, 0.3) is 0 Å². The predicted octanol–water partition coefficient (Wildman–Crippen LogP) is 4.00. The number of hydrogen-bond donors (Lipinski definition) is 0. The van der Waals surface area contributed by atoms with Crippen molar-refractivity contribution in [2.75, 3.05) is 13.2 Å². The molecule has 2 aromatic rings. The monoisotopic (exact) mass is 290 g/mol. The molecule has 2 rings (SSSR count). The molecule has 0 saturated carbocycles. The molecule has 2 aromatic carbocycles. The molecule has 0 bridgehead atoms. The van der Waals surface area contributed by atoms with Gasteiger partial charge in [-0.3, -0.25) is 4.79 Å². The maximum absolute atomic E-state index is 12.0. The highest BCUT2D eigenvalue weighted by atomic mass is 35.5. The van der Waals surface area contributed by atoms with Crippen LogP contribution in [0.4, 0.5) is 0 Å². The molecule has 0 aliphatic heterocycles. The fourth-order valence-corrected chi connectivity index (χ4v) is 1.92. The third kappa shape index (κ3) is 3.75. The molecule has 0 atom stereocenters. The Kier molecular flexibility index (Phi) is 5.02. The molecule has 0 aliphatic rings. The number of ketones is 1. The summed E-state index contributed by atoms with van der Waals surface area (Å²) in [5.74, 6) is 1.07. The average molecular weight is 291 g/mol. The van der Waals surface area contributed by atoms with Gasteiger partial charge in [0.1, 0.15) is 0 Å². The van der Waals surface area contributed by atoms with Gasteiger partial charge in [-0.15, -0.1) is 0 Å². The van der Waals surface area contributed by atoms with E-state index < -0.39 is 0 Å². The summed E-state index contributed by atoms with van der Waals surface area (Å²) in [6, 6.07) is 14.1. The van der Waals surface area contributed by atoms with Crippen LogP contribution in [-0.4, -0.2) is 19.0 Å². The third-order valence-corrected chi connectivity index (χ3v) is 2.89. The Hall–Kier alpha value is -2.00. The van der Waals surface area contributed by atoms with Crippen LogP contribution in [0, 0.1) is 0 Å². The minimum Gasteiger partial charge on any atom is -0.490 e. The molecular weight excluding hydrogens is 276 g/mol. The van der Waals surface area contributed by atoms with Crippen LogP contribution >= 0.6 is 11.6 Å². The summed E-state index contributed by atoms with van der Waals surface area (Å²) in [4.78, 5) is 12.0. The predicted molar refractivity (Wildman–Crippen MR) is 78.9 cm³/mol. The number of Topliss-reactive ketones (excluding diaryl/α,β-unsaturated/α-hetero) is 1. The summed E-state index contributed by atoms with van der Waals surface area (Å²) in [5, 5.41) is 0.533. The maximum Gasteiger partial charge on any atom is 0.200 e. The molecule has 0 spiro atoms. The summed E-state index contributed by atoms with van der Waals surface area (Å²) in [7, 11) is 0. The first kappa shape index (κ1) is 14.4. The molecule has 104 valence electrons. The van der Waals surface area contributed by atoms with Gasteiger partial charge in [0.2, 0.25) is 0 Å². The van der Waals surface area contributed by atoms with Crippen molar-refractivity contribution < 1.29 is 14.3 Å². The Morgan fingerprint density at radius 1 is 1.05 bits per heavy atom. The molecule has 0 heterocycles. The van der Waals surface area contributed by atoms with E-state index in [9.17, 15) is 4.79 Å². The molecule has 0 N–H and O–H groups in total. The van der Waals surface area contributed by atoms with E-state index in [0.29, 0.717) is 28.7 Å². The Labute approximate surface area is 123 Å². The Bertz CT molecular complexity index is 596. The Balaban J connectivity index is 2.03. The van der Waals surface area contributed by atoms with Crippen molar-refractivity contribution in [3.05, 3.63) is 59.1 Å². The molecular formula is C16H15ClO3. The number of para-hydroxylation sites is 2. The SMILES string of the molecule is CCOc1ccccc1OCC(=O)c1cccc(Cl)c1. The van der Waals surface area contributed by atoms with Gasteiger partial charge in [-0.05, 0) is 31.2 Å². The van der Waals surface area contributed by atoms with Crippen molar-refractivity contribution in [2.45, 2.75) is 6.92 Å². The summed E-state index contributed by atoms with van der Waals surface area (Å²) in [5.41, 5.74) is 0.534. The quantitative estimate of drug-likeness (QED) is 0.754. The smallest absolute Gasteiger partial charge is 0.200 e. The molecule has 4 heteroatoms. The normalized spacial score (nSPS) is 10.1. The van der Waals surface area contributed by atoms with E-state index in [1.165, 1.54) is 0 Å². The molecule has 0 aliphatic carbocycles. The van der Waals surface area contributed by atoms with Crippen molar-refractivity contribution in [2.24, 2.45) is 0 Å². The van der Waals surface area contributed by atoms with Gasteiger partial charge in [0.15, 0.2) is 23.9 Å². The van der Waals surface area contributed by atoms with E-state index in [2.05, 4.69) is 0 Å². The summed E-state index contributed by atoms with van der Waals surface area (Å²) < 4.78 is 11.0. The summed E-state index contributed by atoms with van der Waals surface area (Å²) >= 11 is 5.86. The highest BCUT2D eigenvalue weighted by Crippen LogP contribution is 2.26. The molecule has 0 unspecified atom stereocenters. The number of ether oxygens (including phenoxy) is 2. The van der Waals surface area contributed by atoms with Crippen LogP contribution in [-0.2, 0) is 0 Å². The zero-order valence-corrected chi connectivity index (χ0v) is 11.9. The number of carbonyl (C=O) groups excluding carboxylic acids is 1. The fourth-order valence-electron chi connectivity index (χ4n) is 1.73. The van der Waals surface area contributed by atoms with Gasteiger partial charge in [-0.1, -0.05) is 35.9 Å². The lowest BCUT2D eigenvalue weighted by Gasteiger charge is -2.11. The van der Waals surface area contributed by atoms with E-state index in [1.54, 1.807) is 30.3 Å². The lowest BCUT2D eigenvalue weighted by molar-refractivity contribution is 0.0919. The number of rotatable bonds is 6. The Morgan fingerprint density at radius 3 is 2.40 bits per heavy atom. The van der Waals surface area contributed by atoms with Gasteiger partial charge < -0.3 is 9.47 Å². The highest BCUT2D eigenvalue weighted by Gasteiger charge is 2.09. The largest absolute Gasteiger partial charge is 0.490 e. The molecule has 20 heavy (non-hydrogen) atoms. The van der Waals surface area contributed by atoms with Gasteiger partial charge in [-0.25, -0.2) is 0 Å². The van der Waals surface area contributed by atoms with Crippen LogP contribution in [0.3, 0.4) is 0 Å². The molecule has 0 amide bonds. The maximum atomic E-state index is 12.0. The third-order valence-electron chi connectivity index (χ3n) is 2.65. The molecule has 0 aromatic heterocycles. The van der Waals surface area contributed by atoms with E-state index in [1.807, 2.05) is 25.1 Å². The number of halogens is 1. The standard InChI is InChI=1S/C16H15ClO3/c1-2-19-15-8-3-4-9-16(15)20-11-14(18)12-6-5-7-13(17)10-12/h3-10H,2,11H2,1H3. The zero-order valence-electron chi connectivity index (χ0n) is 11.1.